The number of halogens is 2. The molecule has 3 aromatic rings. The number of benzene rings is 2. The van der Waals surface area contributed by atoms with Crippen molar-refractivity contribution in [3.05, 3.63) is 86.6 Å². The van der Waals surface area contributed by atoms with E-state index in [4.69, 9.17) is 11.6 Å². The van der Waals surface area contributed by atoms with Gasteiger partial charge in [0.05, 0.1) is 6.54 Å². The number of piperazine rings is 1. The average Bonchev–Trinajstić information content (AvgIpc) is 3.28. The summed E-state index contributed by atoms with van der Waals surface area (Å²) in [6, 6.07) is 14.3. The van der Waals surface area contributed by atoms with E-state index in [-0.39, 0.29) is 11.7 Å². The second-order valence-electron chi connectivity index (χ2n) is 8.25. The summed E-state index contributed by atoms with van der Waals surface area (Å²) >= 11 is 7.69. The molecule has 2 aromatic carbocycles. The Morgan fingerprint density at radius 2 is 1.79 bits per heavy atom. The standard InChI is InChI=1S/C25H28ClFN4OS/c1-2-29-10-12-31(13-11-29)25(32)23-18-33-24(28-23)17-30(15-19-6-8-22(27)9-7-19)16-20-4-3-5-21(26)14-20/h3-9,14,18H,2,10-13,15-17H2,1H3. The topological polar surface area (TPSA) is 39.7 Å². The zero-order valence-corrected chi connectivity index (χ0v) is 20.3. The van der Waals surface area contributed by atoms with E-state index in [1.807, 2.05) is 34.5 Å². The average molecular weight is 487 g/mol. The first-order valence-corrected chi connectivity index (χ1v) is 12.4. The Bertz CT molecular complexity index is 1070. The lowest BCUT2D eigenvalue weighted by Gasteiger charge is -2.33. The van der Waals surface area contributed by atoms with Gasteiger partial charge in [0.1, 0.15) is 16.5 Å². The molecule has 8 heteroatoms. The molecule has 0 aliphatic carbocycles. The highest BCUT2D eigenvalue weighted by Gasteiger charge is 2.23. The third kappa shape index (κ3) is 6.60. The zero-order valence-electron chi connectivity index (χ0n) is 18.7. The Labute approximate surface area is 203 Å². The van der Waals surface area contributed by atoms with Crippen molar-refractivity contribution in [3.63, 3.8) is 0 Å². The number of hydrogen-bond donors (Lipinski definition) is 0. The smallest absolute Gasteiger partial charge is 0.273 e. The number of carbonyl (C=O) groups is 1. The highest BCUT2D eigenvalue weighted by atomic mass is 35.5. The molecule has 0 radical (unpaired) electrons. The molecule has 1 aromatic heterocycles. The van der Waals surface area contributed by atoms with Gasteiger partial charge in [0.15, 0.2) is 0 Å². The molecule has 4 rings (SSSR count). The van der Waals surface area contributed by atoms with Gasteiger partial charge in [0.25, 0.3) is 5.91 Å². The molecule has 1 fully saturated rings. The lowest BCUT2D eigenvalue weighted by Crippen LogP contribution is -2.48. The normalized spacial score (nSPS) is 14.7. The Morgan fingerprint density at radius 3 is 2.48 bits per heavy atom. The second-order valence-corrected chi connectivity index (χ2v) is 9.63. The van der Waals surface area contributed by atoms with Gasteiger partial charge in [0, 0.05) is 49.7 Å². The van der Waals surface area contributed by atoms with Gasteiger partial charge in [-0.1, -0.05) is 42.8 Å². The van der Waals surface area contributed by atoms with E-state index in [1.165, 1.54) is 23.5 Å². The van der Waals surface area contributed by atoms with Crippen molar-refractivity contribution in [1.29, 1.82) is 0 Å². The molecule has 2 heterocycles. The fourth-order valence-corrected chi connectivity index (χ4v) is 5.03. The van der Waals surface area contributed by atoms with E-state index < -0.39 is 0 Å². The predicted octanol–water partition coefficient (Wildman–Crippen LogP) is 4.92. The molecule has 33 heavy (non-hydrogen) atoms. The van der Waals surface area contributed by atoms with Gasteiger partial charge >= 0.3 is 0 Å². The largest absolute Gasteiger partial charge is 0.335 e. The van der Waals surface area contributed by atoms with E-state index in [9.17, 15) is 9.18 Å². The molecule has 0 unspecified atom stereocenters. The highest BCUT2D eigenvalue weighted by molar-refractivity contribution is 7.09. The molecular weight excluding hydrogens is 459 g/mol. The summed E-state index contributed by atoms with van der Waals surface area (Å²) in [7, 11) is 0. The third-order valence-corrected chi connectivity index (χ3v) is 6.92. The molecule has 1 saturated heterocycles. The van der Waals surface area contributed by atoms with Gasteiger partial charge in [-0.15, -0.1) is 11.3 Å². The molecule has 0 N–H and O–H groups in total. The van der Waals surface area contributed by atoms with Crippen molar-refractivity contribution in [2.45, 2.75) is 26.6 Å². The minimum atomic E-state index is -0.247. The Balaban J connectivity index is 1.45. The molecular formula is C25H28ClFN4OS. The molecule has 0 saturated carbocycles. The molecule has 5 nitrogen and oxygen atoms in total. The first kappa shape index (κ1) is 23.8. The fraction of sp³-hybridized carbons (Fsp3) is 0.360. The number of aromatic nitrogens is 1. The number of carbonyl (C=O) groups excluding carboxylic acids is 1. The van der Waals surface area contributed by atoms with Crippen LogP contribution in [0.1, 0.15) is 33.5 Å². The number of hydrogen-bond acceptors (Lipinski definition) is 5. The summed E-state index contributed by atoms with van der Waals surface area (Å²) in [5, 5.41) is 3.44. The fourth-order valence-electron chi connectivity index (χ4n) is 4.01. The predicted molar refractivity (Wildman–Crippen MR) is 131 cm³/mol. The summed E-state index contributed by atoms with van der Waals surface area (Å²) in [5.74, 6) is -0.240. The molecule has 1 amide bonds. The van der Waals surface area contributed by atoms with Gasteiger partial charge in [0.2, 0.25) is 0 Å². The number of amides is 1. The molecule has 0 bridgehead atoms. The van der Waals surface area contributed by atoms with Crippen LogP contribution in [0.2, 0.25) is 5.02 Å². The van der Waals surface area contributed by atoms with Crippen molar-refractivity contribution < 1.29 is 9.18 Å². The van der Waals surface area contributed by atoms with Crippen LogP contribution in [-0.2, 0) is 19.6 Å². The summed E-state index contributed by atoms with van der Waals surface area (Å²) in [5.41, 5.74) is 2.62. The van der Waals surface area contributed by atoms with Crippen LogP contribution in [0.4, 0.5) is 4.39 Å². The van der Waals surface area contributed by atoms with Crippen molar-refractivity contribution in [3.8, 4) is 0 Å². The van der Waals surface area contributed by atoms with Gasteiger partial charge in [-0.3, -0.25) is 9.69 Å². The number of rotatable bonds is 8. The van der Waals surface area contributed by atoms with Gasteiger partial charge in [-0.25, -0.2) is 9.37 Å². The Hall–Kier alpha value is -2.32. The summed E-state index contributed by atoms with van der Waals surface area (Å²) in [6.07, 6.45) is 0. The van der Waals surface area contributed by atoms with Crippen molar-refractivity contribution in [1.82, 2.24) is 19.7 Å². The van der Waals surface area contributed by atoms with Crippen LogP contribution in [0.3, 0.4) is 0 Å². The van der Waals surface area contributed by atoms with Crippen molar-refractivity contribution in [2.75, 3.05) is 32.7 Å². The van der Waals surface area contributed by atoms with E-state index >= 15 is 0 Å². The SMILES string of the molecule is CCN1CCN(C(=O)c2csc(CN(Cc3ccc(F)cc3)Cc3cccc(Cl)c3)n2)CC1. The van der Waals surface area contributed by atoms with Crippen LogP contribution in [-0.4, -0.2) is 58.3 Å². The zero-order chi connectivity index (χ0) is 23.2. The van der Waals surface area contributed by atoms with E-state index in [0.717, 1.165) is 48.9 Å². The number of thiazole rings is 1. The molecule has 0 atom stereocenters. The van der Waals surface area contributed by atoms with Gasteiger partial charge in [-0.05, 0) is 41.9 Å². The minimum Gasteiger partial charge on any atom is -0.335 e. The van der Waals surface area contributed by atoms with Crippen molar-refractivity contribution >= 4 is 28.8 Å². The summed E-state index contributed by atoms with van der Waals surface area (Å²) in [6.45, 7) is 8.34. The van der Waals surface area contributed by atoms with Crippen LogP contribution in [0.25, 0.3) is 0 Å². The van der Waals surface area contributed by atoms with Gasteiger partial charge in [-0.2, -0.15) is 0 Å². The first-order valence-electron chi connectivity index (χ1n) is 11.2. The van der Waals surface area contributed by atoms with E-state index in [0.29, 0.717) is 30.4 Å². The number of nitrogens with zero attached hydrogens (tertiary/aromatic N) is 4. The lowest BCUT2D eigenvalue weighted by atomic mass is 10.1. The van der Waals surface area contributed by atoms with Crippen LogP contribution in [0.15, 0.2) is 53.9 Å². The van der Waals surface area contributed by atoms with E-state index in [1.54, 1.807) is 12.1 Å². The molecule has 1 aliphatic heterocycles. The molecule has 1 aliphatic rings. The Morgan fingerprint density at radius 1 is 1.06 bits per heavy atom. The first-order chi connectivity index (χ1) is 16.0. The van der Waals surface area contributed by atoms with Crippen molar-refractivity contribution in [2.24, 2.45) is 0 Å². The van der Waals surface area contributed by atoms with Crippen LogP contribution in [0, 0.1) is 5.82 Å². The number of likely N-dealkylation sites (N-methyl/N-ethyl adjacent to an activating group) is 1. The lowest BCUT2D eigenvalue weighted by molar-refractivity contribution is 0.0638. The highest BCUT2D eigenvalue weighted by Crippen LogP contribution is 2.20. The summed E-state index contributed by atoms with van der Waals surface area (Å²) < 4.78 is 13.4. The summed E-state index contributed by atoms with van der Waals surface area (Å²) in [4.78, 5) is 24.1. The molecule has 174 valence electrons. The van der Waals surface area contributed by atoms with Crippen LogP contribution in [0.5, 0.6) is 0 Å². The maximum absolute atomic E-state index is 13.4. The Kier molecular flexibility index (Phi) is 8.09. The maximum Gasteiger partial charge on any atom is 0.273 e. The maximum atomic E-state index is 13.4. The van der Waals surface area contributed by atoms with Crippen LogP contribution < -0.4 is 0 Å². The van der Waals surface area contributed by atoms with Gasteiger partial charge < -0.3 is 9.80 Å². The quantitative estimate of drug-likeness (QED) is 0.453. The minimum absolute atomic E-state index is 0.00757. The third-order valence-electron chi connectivity index (χ3n) is 5.85. The monoisotopic (exact) mass is 486 g/mol. The molecule has 0 spiro atoms. The van der Waals surface area contributed by atoms with Crippen LogP contribution >= 0.6 is 22.9 Å². The second kappa shape index (κ2) is 11.2. The van der Waals surface area contributed by atoms with E-state index in [2.05, 4.69) is 21.7 Å².